The molecule has 3 nitrogen and oxygen atoms in total. The van der Waals surface area contributed by atoms with Crippen molar-refractivity contribution >= 4 is 34.4 Å². The maximum atomic E-state index is 13.2. The number of hydrogen-bond acceptors (Lipinski definition) is 3. The van der Waals surface area contributed by atoms with Gasteiger partial charge in [-0.15, -0.1) is 0 Å². The van der Waals surface area contributed by atoms with Gasteiger partial charge in [0.1, 0.15) is 5.82 Å². The van der Waals surface area contributed by atoms with Gasteiger partial charge in [0.05, 0.1) is 6.54 Å². The second-order valence-electron chi connectivity index (χ2n) is 5.05. The molecule has 0 aliphatic carbocycles. The molecule has 1 aliphatic rings. The largest absolute Gasteiger partial charge is 0.286 e. The number of amidine groups is 1. The topological polar surface area (TPSA) is 32.7 Å². The van der Waals surface area contributed by atoms with Crippen molar-refractivity contribution in [3.05, 3.63) is 70.5 Å². The van der Waals surface area contributed by atoms with Gasteiger partial charge in [-0.3, -0.25) is 14.7 Å². The lowest BCUT2D eigenvalue weighted by molar-refractivity contribution is 0.0860. The van der Waals surface area contributed by atoms with Crippen LogP contribution in [0, 0.1) is 5.82 Å². The summed E-state index contributed by atoms with van der Waals surface area (Å²) in [6, 6.07) is 13.3. The minimum Gasteiger partial charge on any atom is -0.286 e. The molecule has 0 bridgehead atoms. The molecule has 0 aromatic heterocycles. The van der Waals surface area contributed by atoms with Gasteiger partial charge in [-0.1, -0.05) is 41.6 Å². The van der Waals surface area contributed by atoms with Crippen molar-refractivity contribution in [2.45, 2.75) is 5.75 Å². The average Bonchev–Trinajstić information content (AvgIpc) is 3.01. The number of carbonyl (C=O) groups is 1. The third kappa shape index (κ3) is 3.92. The standard InChI is InChI=1S/C17H14ClFN2OS/c18-14-5-2-4-13(10-14)16(22)21-8-7-20-17(21)23-11-12-3-1-6-15(19)9-12/h1-6,9-10H,7-8,11H2. The van der Waals surface area contributed by atoms with E-state index in [9.17, 15) is 9.18 Å². The highest BCUT2D eigenvalue weighted by Gasteiger charge is 2.25. The zero-order valence-corrected chi connectivity index (χ0v) is 13.8. The Hall–Kier alpha value is -1.85. The van der Waals surface area contributed by atoms with Gasteiger partial charge in [-0.05, 0) is 35.9 Å². The minimum atomic E-state index is -0.261. The lowest BCUT2D eigenvalue weighted by Gasteiger charge is -2.18. The van der Waals surface area contributed by atoms with Crippen LogP contribution in [0.1, 0.15) is 15.9 Å². The molecule has 0 N–H and O–H groups in total. The Balaban J connectivity index is 1.69. The van der Waals surface area contributed by atoms with Crippen LogP contribution in [0.5, 0.6) is 0 Å². The fourth-order valence-corrected chi connectivity index (χ4v) is 3.47. The number of nitrogens with zero attached hydrogens (tertiary/aromatic N) is 2. The highest BCUT2D eigenvalue weighted by molar-refractivity contribution is 8.13. The molecule has 1 aliphatic heterocycles. The highest BCUT2D eigenvalue weighted by Crippen LogP contribution is 2.22. The van der Waals surface area contributed by atoms with Crippen LogP contribution in [0.2, 0.25) is 5.02 Å². The van der Waals surface area contributed by atoms with Gasteiger partial charge >= 0.3 is 0 Å². The van der Waals surface area contributed by atoms with Gasteiger partial charge in [-0.25, -0.2) is 4.39 Å². The summed E-state index contributed by atoms with van der Waals surface area (Å²) >= 11 is 7.38. The van der Waals surface area contributed by atoms with Crippen LogP contribution in [0.15, 0.2) is 53.5 Å². The van der Waals surface area contributed by atoms with Gasteiger partial charge in [0.15, 0.2) is 5.17 Å². The number of thioether (sulfide) groups is 1. The number of amides is 1. The summed E-state index contributed by atoms with van der Waals surface area (Å²) in [4.78, 5) is 18.6. The Morgan fingerprint density at radius 2 is 2.09 bits per heavy atom. The molecule has 1 amide bonds. The number of benzene rings is 2. The Bertz CT molecular complexity index is 766. The summed E-state index contributed by atoms with van der Waals surface area (Å²) in [7, 11) is 0. The zero-order valence-electron chi connectivity index (χ0n) is 12.2. The minimum absolute atomic E-state index is 0.115. The van der Waals surface area contributed by atoms with E-state index in [0.717, 1.165) is 5.56 Å². The van der Waals surface area contributed by atoms with Crippen molar-refractivity contribution in [2.75, 3.05) is 13.1 Å². The Kier molecular flexibility index (Phi) is 4.98. The predicted molar refractivity (Wildman–Crippen MR) is 92.5 cm³/mol. The lowest BCUT2D eigenvalue weighted by Crippen LogP contribution is -2.32. The van der Waals surface area contributed by atoms with E-state index in [2.05, 4.69) is 4.99 Å². The van der Waals surface area contributed by atoms with Gasteiger partial charge in [0, 0.05) is 22.9 Å². The molecule has 6 heteroatoms. The fraction of sp³-hybridized carbons (Fsp3) is 0.176. The van der Waals surface area contributed by atoms with Crippen LogP contribution in [0.3, 0.4) is 0 Å². The van der Waals surface area contributed by atoms with Gasteiger partial charge < -0.3 is 0 Å². The first-order valence-electron chi connectivity index (χ1n) is 7.12. The van der Waals surface area contributed by atoms with E-state index in [0.29, 0.717) is 34.6 Å². The highest BCUT2D eigenvalue weighted by atomic mass is 35.5. The molecule has 2 aromatic rings. The first kappa shape index (κ1) is 16.0. The molecule has 1 heterocycles. The van der Waals surface area contributed by atoms with E-state index in [1.54, 1.807) is 35.2 Å². The third-order valence-corrected chi connectivity index (χ3v) is 4.70. The van der Waals surface area contributed by atoms with Crippen LogP contribution in [-0.4, -0.2) is 29.1 Å². The summed E-state index contributed by atoms with van der Waals surface area (Å²) in [6.07, 6.45) is 0. The maximum absolute atomic E-state index is 13.2. The summed E-state index contributed by atoms with van der Waals surface area (Å²) in [5, 5.41) is 1.19. The van der Waals surface area contributed by atoms with Crippen LogP contribution in [0.4, 0.5) is 4.39 Å². The molecule has 0 atom stereocenters. The fourth-order valence-electron chi connectivity index (χ4n) is 2.29. The number of hydrogen-bond donors (Lipinski definition) is 0. The first-order valence-corrected chi connectivity index (χ1v) is 8.49. The molecule has 0 unspecified atom stereocenters. The number of carbonyl (C=O) groups excluding carboxylic acids is 1. The molecule has 0 radical (unpaired) electrons. The molecule has 118 valence electrons. The lowest BCUT2D eigenvalue weighted by atomic mass is 10.2. The summed E-state index contributed by atoms with van der Waals surface area (Å²) in [5.41, 5.74) is 1.40. The number of halogens is 2. The summed E-state index contributed by atoms with van der Waals surface area (Å²) < 4.78 is 13.2. The average molecular weight is 349 g/mol. The third-order valence-electron chi connectivity index (χ3n) is 3.38. The van der Waals surface area contributed by atoms with E-state index in [-0.39, 0.29) is 11.7 Å². The second-order valence-corrected chi connectivity index (χ2v) is 6.43. The smallest absolute Gasteiger partial charge is 0.259 e. The van der Waals surface area contributed by atoms with Gasteiger partial charge in [-0.2, -0.15) is 0 Å². The molecular weight excluding hydrogens is 335 g/mol. The van der Waals surface area contributed by atoms with Crippen molar-refractivity contribution in [2.24, 2.45) is 4.99 Å². The normalized spacial score (nSPS) is 14.0. The van der Waals surface area contributed by atoms with E-state index < -0.39 is 0 Å². The molecule has 3 rings (SSSR count). The quantitative estimate of drug-likeness (QED) is 0.831. The molecule has 23 heavy (non-hydrogen) atoms. The summed E-state index contributed by atoms with van der Waals surface area (Å²) in [5.74, 6) is 0.189. The van der Waals surface area contributed by atoms with Gasteiger partial charge in [0.2, 0.25) is 0 Å². The van der Waals surface area contributed by atoms with Crippen molar-refractivity contribution in [3.8, 4) is 0 Å². The van der Waals surface area contributed by atoms with Crippen molar-refractivity contribution in [1.82, 2.24) is 4.90 Å². The Labute approximate surface area is 143 Å². The van der Waals surface area contributed by atoms with Crippen molar-refractivity contribution in [3.63, 3.8) is 0 Å². The summed E-state index contributed by atoms with van der Waals surface area (Å²) in [6.45, 7) is 1.13. The molecule has 0 saturated carbocycles. The van der Waals surface area contributed by atoms with Gasteiger partial charge in [0.25, 0.3) is 5.91 Å². The molecule has 0 spiro atoms. The van der Waals surface area contributed by atoms with E-state index in [1.807, 2.05) is 6.07 Å². The Morgan fingerprint density at radius 3 is 2.87 bits per heavy atom. The molecule has 2 aromatic carbocycles. The van der Waals surface area contributed by atoms with Crippen LogP contribution in [-0.2, 0) is 5.75 Å². The van der Waals surface area contributed by atoms with Crippen molar-refractivity contribution < 1.29 is 9.18 Å². The number of aliphatic imine (C=N–C) groups is 1. The SMILES string of the molecule is O=C(c1cccc(Cl)c1)N1CCN=C1SCc1cccc(F)c1. The predicted octanol–water partition coefficient (Wildman–Crippen LogP) is 4.22. The zero-order chi connectivity index (χ0) is 16.2. The second kappa shape index (κ2) is 7.15. The van der Waals surface area contributed by atoms with Crippen molar-refractivity contribution in [1.29, 1.82) is 0 Å². The van der Waals surface area contributed by atoms with E-state index in [4.69, 9.17) is 11.6 Å². The van der Waals surface area contributed by atoms with Crippen LogP contribution >= 0.6 is 23.4 Å². The maximum Gasteiger partial charge on any atom is 0.259 e. The molecule has 0 saturated heterocycles. The van der Waals surface area contributed by atoms with E-state index >= 15 is 0 Å². The van der Waals surface area contributed by atoms with E-state index in [1.165, 1.54) is 23.9 Å². The molecule has 0 fully saturated rings. The Morgan fingerprint density at radius 1 is 1.26 bits per heavy atom. The first-order chi connectivity index (χ1) is 11.1. The van der Waals surface area contributed by atoms with Crippen LogP contribution in [0.25, 0.3) is 0 Å². The monoisotopic (exact) mass is 348 g/mol. The number of rotatable bonds is 3. The van der Waals surface area contributed by atoms with Crippen LogP contribution < -0.4 is 0 Å². The molecular formula is C17H14ClFN2OS.